The molecule has 0 fully saturated rings. The smallest absolute Gasteiger partial charge is 0.350 e. The molecule has 0 saturated carbocycles. The van der Waals surface area contributed by atoms with Gasteiger partial charge in [0.15, 0.2) is 5.60 Å². The second kappa shape index (κ2) is 9.13. The number of esters is 1. The fraction of sp³-hybridized carbons (Fsp3) is 0.455. The van der Waals surface area contributed by atoms with Crippen LogP contribution in [0.1, 0.15) is 45.9 Å². The second-order valence-electron chi connectivity index (χ2n) is 8.38. The first-order valence-corrected chi connectivity index (χ1v) is 9.42. The van der Waals surface area contributed by atoms with Crippen LogP contribution >= 0.6 is 0 Å². The Bertz CT molecular complexity index is 803. The van der Waals surface area contributed by atoms with E-state index in [9.17, 15) is 9.59 Å². The van der Waals surface area contributed by atoms with E-state index in [1.54, 1.807) is 64.0 Å². The van der Waals surface area contributed by atoms with Gasteiger partial charge in [-0.1, -0.05) is 12.1 Å². The predicted octanol–water partition coefficient (Wildman–Crippen LogP) is 3.87. The molecule has 1 aromatic carbocycles. The van der Waals surface area contributed by atoms with Crippen molar-refractivity contribution in [1.29, 1.82) is 0 Å². The molecule has 0 unspecified atom stereocenters. The number of benzene rings is 1. The first kappa shape index (κ1) is 22.5. The summed E-state index contributed by atoms with van der Waals surface area (Å²) in [6.07, 6.45) is 1.56. The van der Waals surface area contributed by atoms with Gasteiger partial charge in [0.25, 0.3) is 0 Å². The number of carboxylic acid groups (broad SMARTS) is 1. The van der Waals surface area contributed by atoms with Crippen LogP contribution in [-0.2, 0) is 27.4 Å². The van der Waals surface area contributed by atoms with Crippen molar-refractivity contribution in [3.63, 3.8) is 0 Å². The molecule has 0 aliphatic carbocycles. The van der Waals surface area contributed by atoms with Gasteiger partial charge in [-0.15, -0.1) is 0 Å². The molecule has 0 amide bonds. The Morgan fingerprint density at radius 3 is 2.21 bits per heavy atom. The van der Waals surface area contributed by atoms with E-state index in [1.165, 1.54) is 0 Å². The van der Waals surface area contributed by atoms with Crippen molar-refractivity contribution in [3.8, 4) is 5.75 Å². The molecular weight excluding hydrogens is 374 g/mol. The van der Waals surface area contributed by atoms with E-state index in [-0.39, 0.29) is 6.54 Å². The van der Waals surface area contributed by atoms with E-state index < -0.39 is 23.1 Å². The number of furan rings is 1. The molecule has 0 aliphatic rings. The first-order valence-electron chi connectivity index (χ1n) is 9.42. The molecular formula is C22H29NO6. The van der Waals surface area contributed by atoms with E-state index in [2.05, 4.69) is 0 Å². The maximum absolute atomic E-state index is 12.3. The van der Waals surface area contributed by atoms with E-state index in [1.807, 2.05) is 18.2 Å². The Morgan fingerprint density at radius 1 is 1.03 bits per heavy atom. The molecule has 7 heteroatoms. The number of ether oxygens (including phenoxy) is 2. The largest absolute Gasteiger partial charge is 0.480 e. The van der Waals surface area contributed by atoms with Crippen LogP contribution in [0.25, 0.3) is 0 Å². The Balaban J connectivity index is 2.02. The zero-order valence-electron chi connectivity index (χ0n) is 17.6. The average Bonchev–Trinajstić information content (AvgIpc) is 3.07. The zero-order valence-corrected chi connectivity index (χ0v) is 17.6. The molecule has 2 rings (SSSR count). The lowest BCUT2D eigenvalue weighted by Gasteiger charge is -2.29. The summed E-state index contributed by atoms with van der Waals surface area (Å²) < 4.78 is 16.5. The minimum atomic E-state index is -1.14. The quantitative estimate of drug-likeness (QED) is 0.636. The fourth-order valence-corrected chi connectivity index (χ4v) is 2.64. The third-order valence-electron chi connectivity index (χ3n) is 3.91. The summed E-state index contributed by atoms with van der Waals surface area (Å²) in [5.41, 5.74) is -0.813. The summed E-state index contributed by atoms with van der Waals surface area (Å²) in [5, 5.41) is 9.16. The van der Waals surface area contributed by atoms with E-state index >= 15 is 0 Å². The highest BCUT2D eigenvalue weighted by Crippen LogP contribution is 2.23. The summed E-state index contributed by atoms with van der Waals surface area (Å²) in [7, 11) is 0. The fourth-order valence-electron chi connectivity index (χ4n) is 2.64. The van der Waals surface area contributed by atoms with Gasteiger partial charge in [-0.05, 0) is 64.4 Å². The van der Waals surface area contributed by atoms with Gasteiger partial charge < -0.3 is 19.0 Å². The van der Waals surface area contributed by atoms with Crippen LogP contribution < -0.4 is 4.74 Å². The summed E-state index contributed by atoms with van der Waals surface area (Å²) in [4.78, 5) is 25.3. The van der Waals surface area contributed by atoms with Crippen LogP contribution in [0.2, 0.25) is 0 Å². The molecule has 0 aliphatic heterocycles. The molecule has 158 valence electrons. The SMILES string of the molecule is CC(C)(C)OC(=O)C(C)(C)Oc1ccc(CN(CC(=O)O)Cc2ccco2)cc1. The lowest BCUT2D eigenvalue weighted by Crippen LogP contribution is -2.43. The van der Waals surface area contributed by atoms with Crippen LogP contribution in [0.5, 0.6) is 5.75 Å². The van der Waals surface area contributed by atoms with Crippen molar-refractivity contribution in [2.45, 2.75) is 58.9 Å². The van der Waals surface area contributed by atoms with Gasteiger partial charge in [0.1, 0.15) is 17.1 Å². The van der Waals surface area contributed by atoms with Gasteiger partial charge in [0, 0.05) is 6.54 Å². The van der Waals surface area contributed by atoms with Crippen molar-refractivity contribution >= 4 is 11.9 Å². The number of carbonyl (C=O) groups excluding carboxylic acids is 1. The lowest BCUT2D eigenvalue weighted by atomic mass is 10.1. The lowest BCUT2D eigenvalue weighted by molar-refractivity contribution is -0.170. The summed E-state index contributed by atoms with van der Waals surface area (Å²) in [6, 6.07) is 10.8. The number of carbonyl (C=O) groups is 2. The molecule has 1 aromatic heterocycles. The highest BCUT2D eigenvalue weighted by molar-refractivity contribution is 5.79. The normalized spacial score (nSPS) is 12.1. The summed E-state index contributed by atoms with van der Waals surface area (Å²) in [6.45, 7) is 9.46. The summed E-state index contributed by atoms with van der Waals surface area (Å²) in [5.74, 6) is -0.124. The van der Waals surface area contributed by atoms with Crippen molar-refractivity contribution in [2.75, 3.05) is 6.54 Å². The number of rotatable bonds is 9. The molecule has 0 atom stereocenters. The van der Waals surface area contributed by atoms with Gasteiger partial charge >= 0.3 is 11.9 Å². The molecule has 1 N–H and O–H groups in total. The molecule has 0 spiro atoms. The maximum atomic E-state index is 12.3. The molecule has 0 bridgehead atoms. The van der Waals surface area contributed by atoms with Gasteiger partial charge in [-0.3, -0.25) is 9.69 Å². The monoisotopic (exact) mass is 403 g/mol. The van der Waals surface area contributed by atoms with E-state index in [4.69, 9.17) is 19.0 Å². The van der Waals surface area contributed by atoms with Crippen molar-refractivity contribution in [2.24, 2.45) is 0 Å². The van der Waals surface area contributed by atoms with Crippen molar-refractivity contribution in [1.82, 2.24) is 4.90 Å². The van der Waals surface area contributed by atoms with E-state index in [0.717, 1.165) is 5.56 Å². The van der Waals surface area contributed by atoms with Crippen molar-refractivity contribution < 1.29 is 28.6 Å². The summed E-state index contributed by atoms with van der Waals surface area (Å²) >= 11 is 0. The first-order chi connectivity index (χ1) is 13.4. The third kappa shape index (κ3) is 7.62. The van der Waals surface area contributed by atoms with Crippen LogP contribution in [0.3, 0.4) is 0 Å². The third-order valence-corrected chi connectivity index (χ3v) is 3.91. The van der Waals surface area contributed by atoms with Gasteiger partial charge in [-0.25, -0.2) is 4.79 Å². The zero-order chi connectivity index (χ0) is 21.7. The predicted molar refractivity (Wildman–Crippen MR) is 107 cm³/mol. The van der Waals surface area contributed by atoms with Gasteiger partial charge in [0.2, 0.25) is 0 Å². The Hall–Kier alpha value is -2.80. The standard InChI is InChI=1S/C22H29NO6/c1-21(2,3)29-20(26)22(4,5)28-17-10-8-16(9-11-17)13-23(15-19(24)25)14-18-7-6-12-27-18/h6-12H,13-15H2,1-5H3,(H,24,25). The number of carboxylic acids is 1. The van der Waals surface area contributed by atoms with Gasteiger partial charge in [0.05, 0.1) is 19.4 Å². The van der Waals surface area contributed by atoms with Crippen molar-refractivity contribution in [3.05, 3.63) is 54.0 Å². The minimum Gasteiger partial charge on any atom is -0.480 e. The highest BCUT2D eigenvalue weighted by Gasteiger charge is 2.34. The number of aliphatic carboxylic acids is 1. The number of hydrogen-bond donors (Lipinski definition) is 1. The molecule has 0 radical (unpaired) electrons. The topological polar surface area (TPSA) is 89.2 Å². The second-order valence-corrected chi connectivity index (χ2v) is 8.38. The molecule has 0 saturated heterocycles. The van der Waals surface area contributed by atoms with Crippen LogP contribution in [0.4, 0.5) is 0 Å². The number of hydrogen-bond acceptors (Lipinski definition) is 6. The molecule has 7 nitrogen and oxygen atoms in total. The average molecular weight is 403 g/mol. The van der Waals surface area contributed by atoms with Crippen LogP contribution in [0, 0.1) is 0 Å². The highest BCUT2D eigenvalue weighted by atomic mass is 16.6. The van der Waals surface area contributed by atoms with Gasteiger partial charge in [-0.2, -0.15) is 0 Å². The number of nitrogens with zero attached hydrogens (tertiary/aromatic N) is 1. The van der Waals surface area contributed by atoms with Crippen LogP contribution in [0.15, 0.2) is 47.1 Å². The van der Waals surface area contributed by atoms with Crippen LogP contribution in [-0.4, -0.2) is 39.7 Å². The molecule has 1 heterocycles. The molecule has 29 heavy (non-hydrogen) atoms. The molecule has 2 aromatic rings. The minimum absolute atomic E-state index is 0.107. The Labute approximate surface area is 171 Å². The van der Waals surface area contributed by atoms with E-state index in [0.29, 0.717) is 24.6 Å². The Morgan fingerprint density at radius 2 is 1.69 bits per heavy atom. The Kier molecular flexibility index (Phi) is 7.08. The maximum Gasteiger partial charge on any atom is 0.350 e.